The summed E-state index contributed by atoms with van der Waals surface area (Å²) < 4.78 is 27.7. The normalized spacial score (nSPS) is 11.6. The van der Waals surface area contributed by atoms with Crippen molar-refractivity contribution in [1.29, 1.82) is 0 Å². The Morgan fingerprint density at radius 3 is 0.863 bits per heavy atom. The third kappa shape index (κ3) is 40.0. The van der Waals surface area contributed by atoms with Crippen molar-refractivity contribution in [2.24, 2.45) is 0 Å². The number of unbranched alkanes of at least 4 members (excludes halogenated alkanes) is 42. The SMILES string of the molecule is CC(=O)NS(=O)(=O)c1ccc(N)cc1.CCCCCCCCCCc1c(CCCCCCCCCC)c(CCCCCCCCCC)[n+](CCCCCCCCCC)c(CCCCCCCCCC)c1CCCCCCCCCC. The van der Waals surface area contributed by atoms with Crippen LogP contribution < -0.4 is 15.0 Å². The maximum Gasteiger partial charge on any atom is 0.264 e. The third-order valence-corrected chi connectivity index (χ3v) is 18.6. The van der Waals surface area contributed by atoms with Crippen LogP contribution in [0.2, 0.25) is 0 Å². The lowest BCUT2D eigenvalue weighted by atomic mass is 9.85. The number of nitrogen functional groups attached to an aromatic ring is 1. The number of nitrogens with one attached hydrogen (secondary N) is 1. The van der Waals surface area contributed by atoms with Crippen LogP contribution in [0.25, 0.3) is 0 Å². The largest absolute Gasteiger partial charge is 0.399 e. The fourth-order valence-corrected chi connectivity index (χ4v) is 13.2. The maximum absolute atomic E-state index is 11.4. The minimum Gasteiger partial charge on any atom is -0.399 e. The molecule has 2 aromatic rings. The molecule has 1 aromatic carbocycles. The molecule has 2 rings (SSSR count). The quantitative estimate of drug-likeness (QED) is 0.0392. The van der Waals surface area contributed by atoms with Crippen LogP contribution in [0.1, 0.15) is 385 Å². The number of nitrogens with zero attached hydrogens (tertiary/aromatic N) is 1. The number of anilines is 1. The average Bonchev–Trinajstić information content (AvgIpc) is 3.44. The summed E-state index contributed by atoms with van der Waals surface area (Å²) in [6, 6.07) is 5.57. The molecule has 0 aliphatic rings. The highest BCUT2D eigenvalue weighted by Crippen LogP contribution is 2.30. The van der Waals surface area contributed by atoms with Gasteiger partial charge in [0.1, 0.15) is 6.54 Å². The summed E-state index contributed by atoms with van der Waals surface area (Å²) in [4.78, 5) is 10.6. The van der Waals surface area contributed by atoms with Gasteiger partial charge in [-0.15, -0.1) is 0 Å². The summed E-state index contributed by atoms with van der Waals surface area (Å²) in [5.41, 5.74) is 15.3. The van der Waals surface area contributed by atoms with Crippen LogP contribution in [0, 0.1) is 0 Å². The third-order valence-electron chi connectivity index (χ3n) is 17.2. The number of hydrogen-bond donors (Lipinski definition) is 2. The first kappa shape index (κ1) is 75.6. The Morgan fingerprint density at radius 2 is 0.588 bits per heavy atom. The maximum atomic E-state index is 11.4. The van der Waals surface area contributed by atoms with Crippen molar-refractivity contribution in [3.05, 3.63) is 52.3 Å². The van der Waals surface area contributed by atoms with Crippen LogP contribution in [0.5, 0.6) is 0 Å². The predicted molar refractivity (Wildman–Crippen MR) is 353 cm³/mol. The highest BCUT2D eigenvalue weighted by Gasteiger charge is 2.29. The molecule has 0 fully saturated rings. The standard InChI is InChI=1S/C65H126N.C8H10N2O3S/c1-7-13-19-25-31-37-43-49-55-61-62(56-50-44-38-32-26-20-14-8-2)64(58-52-46-40-34-28-22-16-10-4)66(60-54-48-42-36-30-24-18-12-6)65(59-53-47-41-35-29-23-17-11-5)63(61)57-51-45-39-33-27-21-15-9-3;1-6(11)10-14(12,13)8-4-2-7(9)3-5-8/h7-60H2,1-6H3;2-5H,9H2,1H3,(H,10,11)/q+1;. The number of benzene rings is 1. The number of amides is 1. The monoisotopic (exact) mass is 1140 g/mol. The number of pyridine rings is 1. The zero-order chi connectivity index (χ0) is 58.4. The Labute approximate surface area is 499 Å². The van der Waals surface area contributed by atoms with Gasteiger partial charge in [-0.05, 0) is 87.6 Å². The van der Waals surface area contributed by atoms with Gasteiger partial charge in [0.05, 0.1) is 4.90 Å². The molecule has 7 heteroatoms. The first-order valence-electron chi connectivity index (χ1n) is 35.6. The summed E-state index contributed by atoms with van der Waals surface area (Å²) in [5, 5.41) is 0. The molecule has 1 aromatic heterocycles. The fourth-order valence-electron chi connectivity index (χ4n) is 12.2. The van der Waals surface area contributed by atoms with E-state index in [0.29, 0.717) is 5.69 Å². The average molecular weight is 1140 g/mol. The molecule has 0 saturated heterocycles. The second kappa shape index (κ2) is 54.5. The number of carbonyl (C=O) groups is 1. The highest BCUT2D eigenvalue weighted by atomic mass is 32.2. The van der Waals surface area contributed by atoms with Crippen molar-refractivity contribution in [3.63, 3.8) is 0 Å². The van der Waals surface area contributed by atoms with Crippen LogP contribution in [0.4, 0.5) is 5.69 Å². The number of sulfonamides is 1. The van der Waals surface area contributed by atoms with Gasteiger partial charge < -0.3 is 5.73 Å². The second-order valence-corrected chi connectivity index (χ2v) is 26.5. The number of carbonyl (C=O) groups excluding carboxylic acids is 1. The molecule has 3 N–H and O–H groups in total. The van der Waals surface area contributed by atoms with E-state index in [1.807, 2.05) is 32.8 Å². The summed E-state index contributed by atoms with van der Waals surface area (Å²) >= 11 is 0. The van der Waals surface area contributed by atoms with Crippen molar-refractivity contribution in [2.75, 3.05) is 5.73 Å². The molecular weight excluding hydrogens is 999 g/mol. The van der Waals surface area contributed by atoms with Gasteiger partial charge in [-0.1, -0.05) is 305 Å². The number of rotatable bonds is 56. The summed E-state index contributed by atoms with van der Waals surface area (Å²) in [5.74, 6) is -0.623. The van der Waals surface area contributed by atoms with Crippen LogP contribution in [0.15, 0.2) is 29.2 Å². The van der Waals surface area contributed by atoms with E-state index in [2.05, 4.69) is 46.1 Å². The van der Waals surface area contributed by atoms with Gasteiger partial charge in [-0.3, -0.25) is 4.79 Å². The van der Waals surface area contributed by atoms with E-state index in [0.717, 1.165) is 6.92 Å². The minimum atomic E-state index is -3.73. The van der Waals surface area contributed by atoms with Gasteiger partial charge in [0, 0.05) is 43.0 Å². The Kier molecular flexibility index (Phi) is 51.5. The highest BCUT2D eigenvalue weighted by molar-refractivity contribution is 7.90. The first-order valence-corrected chi connectivity index (χ1v) is 37.1. The summed E-state index contributed by atoms with van der Waals surface area (Å²) in [6.07, 6.45) is 75.3. The molecule has 0 atom stereocenters. The van der Waals surface area contributed by atoms with E-state index >= 15 is 0 Å². The molecule has 0 radical (unpaired) electrons. The molecule has 0 aliphatic heterocycles. The van der Waals surface area contributed by atoms with E-state index < -0.39 is 15.9 Å². The predicted octanol–water partition coefficient (Wildman–Crippen LogP) is 22.6. The molecule has 1 heterocycles. The van der Waals surface area contributed by atoms with Crippen LogP contribution in [-0.4, -0.2) is 14.3 Å². The van der Waals surface area contributed by atoms with Gasteiger partial charge in [-0.2, -0.15) is 4.57 Å². The molecule has 0 aliphatic carbocycles. The molecule has 0 unspecified atom stereocenters. The number of hydrogen-bond acceptors (Lipinski definition) is 4. The van der Waals surface area contributed by atoms with Crippen LogP contribution in [-0.2, 0) is 53.5 Å². The van der Waals surface area contributed by atoms with Crippen molar-refractivity contribution in [2.45, 2.75) is 400 Å². The smallest absolute Gasteiger partial charge is 0.264 e. The van der Waals surface area contributed by atoms with E-state index in [9.17, 15) is 13.2 Å². The van der Waals surface area contributed by atoms with Gasteiger partial charge in [0.2, 0.25) is 5.91 Å². The number of aromatic nitrogens is 1. The van der Waals surface area contributed by atoms with E-state index in [-0.39, 0.29) is 4.90 Å². The Morgan fingerprint density at radius 1 is 0.350 bits per heavy atom. The van der Waals surface area contributed by atoms with Gasteiger partial charge >= 0.3 is 0 Å². The topological polar surface area (TPSA) is 93.1 Å². The summed E-state index contributed by atoms with van der Waals surface area (Å²) in [7, 11) is -3.73. The Balaban J connectivity index is 0.00000197. The first-order chi connectivity index (χ1) is 39.1. The fraction of sp³-hybridized carbons (Fsp3) is 0.836. The van der Waals surface area contributed by atoms with Crippen molar-refractivity contribution in [1.82, 2.24) is 4.72 Å². The van der Waals surface area contributed by atoms with Gasteiger partial charge in [-0.25, -0.2) is 13.1 Å². The molecule has 0 saturated carbocycles. The lowest BCUT2D eigenvalue weighted by Crippen LogP contribution is -2.46. The van der Waals surface area contributed by atoms with Crippen molar-refractivity contribution in [3.8, 4) is 0 Å². The molecule has 80 heavy (non-hydrogen) atoms. The number of nitrogens with two attached hydrogens (primary N) is 1. The summed E-state index contributed by atoms with van der Waals surface area (Å²) in [6.45, 7) is 16.6. The Bertz CT molecular complexity index is 1560. The molecule has 6 nitrogen and oxygen atoms in total. The van der Waals surface area contributed by atoms with Crippen LogP contribution in [0.3, 0.4) is 0 Å². The zero-order valence-electron chi connectivity index (χ0n) is 54.7. The van der Waals surface area contributed by atoms with Gasteiger partial charge in [0.15, 0.2) is 11.4 Å². The van der Waals surface area contributed by atoms with Crippen molar-refractivity contribution < 1.29 is 17.8 Å². The molecule has 1 amide bonds. The lowest BCUT2D eigenvalue weighted by molar-refractivity contribution is -0.712. The Hall–Kier alpha value is -2.41. The van der Waals surface area contributed by atoms with Crippen LogP contribution >= 0.6 is 0 Å². The van der Waals surface area contributed by atoms with E-state index in [4.69, 9.17) is 5.73 Å². The second-order valence-electron chi connectivity index (χ2n) is 24.8. The molecule has 0 bridgehead atoms. The van der Waals surface area contributed by atoms with Gasteiger partial charge in [0.25, 0.3) is 10.0 Å². The molecule has 0 spiro atoms. The zero-order valence-corrected chi connectivity index (χ0v) is 55.5. The molecular formula is C73H136N3O3S+. The lowest BCUT2D eigenvalue weighted by Gasteiger charge is -2.23. The van der Waals surface area contributed by atoms with Crippen molar-refractivity contribution >= 4 is 21.6 Å². The van der Waals surface area contributed by atoms with E-state index in [1.54, 1.807) is 0 Å². The van der Waals surface area contributed by atoms with E-state index in [1.165, 1.54) is 371 Å². The molecule has 466 valence electrons. The minimum absolute atomic E-state index is 0.0156.